The smallest absolute Gasteiger partial charge is 0.243 e. The van der Waals surface area contributed by atoms with Gasteiger partial charge in [0.15, 0.2) is 0 Å². The Morgan fingerprint density at radius 1 is 1.35 bits per heavy atom. The standard InChI is InChI=1S/C12H18N4O/c1-8-7-9(2)15-12(14-8)16-11(17)10-5-3-4-6-13-10/h7,10,13H,3-6H2,1-2H3,(H,14,15,16,17)/t10-/m1/s1. The quantitative estimate of drug-likeness (QED) is 0.806. The molecule has 5 heteroatoms. The first kappa shape index (κ1) is 12.0. The molecule has 1 saturated heterocycles. The monoisotopic (exact) mass is 234 g/mol. The number of hydrogen-bond acceptors (Lipinski definition) is 4. The van der Waals surface area contributed by atoms with Crippen LogP contribution >= 0.6 is 0 Å². The molecule has 2 N–H and O–H groups in total. The largest absolute Gasteiger partial charge is 0.306 e. The van der Waals surface area contributed by atoms with Crippen LogP contribution in [0, 0.1) is 13.8 Å². The molecule has 1 aliphatic heterocycles. The maximum Gasteiger partial charge on any atom is 0.243 e. The summed E-state index contributed by atoms with van der Waals surface area (Å²) in [6.45, 7) is 4.69. The number of aromatic nitrogens is 2. The summed E-state index contributed by atoms with van der Waals surface area (Å²) in [6.07, 6.45) is 3.12. The van der Waals surface area contributed by atoms with Crippen molar-refractivity contribution in [3.63, 3.8) is 0 Å². The van der Waals surface area contributed by atoms with Crippen LogP contribution in [0.3, 0.4) is 0 Å². The van der Waals surface area contributed by atoms with Crippen molar-refractivity contribution in [2.75, 3.05) is 11.9 Å². The van der Waals surface area contributed by atoms with E-state index in [0.717, 1.165) is 37.2 Å². The van der Waals surface area contributed by atoms with E-state index in [-0.39, 0.29) is 11.9 Å². The van der Waals surface area contributed by atoms with Gasteiger partial charge in [0.1, 0.15) is 0 Å². The summed E-state index contributed by atoms with van der Waals surface area (Å²) in [5, 5.41) is 5.97. The first-order valence-electron chi connectivity index (χ1n) is 6.02. The molecule has 2 heterocycles. The number of nitrogens with one attached hydrogen (secondary N) is 2. The second-order valence-electron chi connectivity index (χ2n) is 4.47. The minimum Gasteiger partial charge on any atom is -0.306 e. The molecule has 0 radical (unpaired) electrons. The first-order chi connectivity index (χ1) is 8.15. The molecule has 1 aromatic rings. The Kier molecular flexibility index (Phi) is 3.68. The average molecular weight is 234 g/mol. The first-order valence-corrected chi connectivity index (χ1v) is 6.02. The zero-order chi connectivity index (χ0) is 12.3. The van der Waals surface area contributed by atoms with Gasteiger partial charge in [-0.25, -0.2) is 9.97 Å². The van der Waals surface area contributed by atoms with Crippen LogP contribution in [0.1, 0.15) is 30.7 Å². The predicted molar refractivity (Wildman–Crippen MR) is 65.8 cm³/mol. The minimum atomic E-state index is -0.104. The third-order valence-corrected chi connectivity index (χ3v) is 2.84. The van der Waals surface area contributed by atoms with Crippen molar-refractivity contribution in [1.29, 1.82) is 0 Å². The fourth-order valence-corrected chi connectivity index (χ4v) is 2.05. The highest BCUT2D eigenvalue weighted by Gasteiger charge is 2.21. The van der Waals surface area contributed by atoms with Crippen molar-refractivity contribution in [1.82, 2.24) is 15.3 Å². The highest BCUT2D eigenvalue weighted by molar-refractivity contribution is 5.93. The van der Waals surface area contributed by atoms with Crippen LogP contribution in [0.2, 0.25) is 0 Å². The van der Waals surface area contributed by atoms with Crippen molar-refractivity contribution >= 4 is 11.9 Å². The number of carbonyl (C=O) groups excluding carboxylic acids is 1. The number of aryl methyl sites for hydroxylation is 2. The van der Waals surface area contributed by atoms with Crippen molar-refractivity contribution < 1.29 is 4.79 Å². The average Bonchev–Trinajstić information content (AvgIpc) is 2.28. The molecule has 1 amide bonds. The van der Waals surface area contributed by atoms with Gasteiger partial charge < -0.3 is 5.32 Å². The van der Waals surface area contributed by atoms with Gasteiger partial charge in [-0.1, -0.05) is 6.42 Å². The van der Waals surface area contributed by atoms with Gasteiger partial charge in [-0.3, -0.25) is 10.1 Å². The Hall–Kier alpha value is -1.49. The molecule has 17 heavy (non-hydrogen) atoms. The summed E-state index contributed by atoms with van der Waals surface area (Å²) >= 11 is 0. The van der Waals surface area contributed by atoms with Crippen LogP contribution in [-0.2, 0) is 4.79 Å². The Labute approximate surface area is 101 Å². The molecule has 1 atom stereocenters. The van der Waals surface area contributed by atoms with Gasteiger partial charge in [-0.15, -0.1) is 0 Å². The SMILES string of the molecule is Cc1cc(C)nc(NC(=O)[C@H]2CCCCN2)n1. The van der Waals surface area contributed by atoms with Crippen LogP contribution in [0.25, 0.3) is 0 Å². The van der Waals surface area contributed by atoms with Crippen LogP contribution in [0.4, 0.5) is 5.95 Å². The number of hydrogen-bond donors (Lipinski definition) is 2. The number of nitrogens with zero attached hydrogens (tertiary/aromatic N) is 2. The van der Waals surface area contributed by atoms with E-state index in [9.17, 15) is 4.79 Å². The maximum atomic E-state index is 11.9. The van der Waals surface area contributed by atoms with Crippen LogP contribution in [0.15, 0.2) is 6.07 Å². The molecular weight excluding hydrogens is 216 g/mol. The summed E-state index contributed by atoms with van der Waals surface area (Å²) < 4.78 is 0. The number of rotatable bonds is 2. The lowest BCUT2D eigenvalue weighted by Gasteiger charge is -2.22. The Morgan fingerprint density at radius 2 is 2.06 bits per heavy atom. The Bertz CT molecular complexity index is 393. The van der Waals surface area contributed by atoms with E-state index in [0.29, 0.717) is 5.95 Å². The van der Waals surface area contributed by atoms with Gasteiger partial charge in [0.25, 0.3) is 0 Å². The van der Waals surface area contributed by atoms with Crippen molar-refractivity contribution in [2.24, 2.45) is 0 Å². The van der Waals surface area contributed by atoms with Gasteiger partial charge in [-0.2, -0.15) is 0 Å². The topological polar surface area (TPSA) is 66.9 Å². The van der Waals surface area contributed by atoms with Crippen LogP contribution in [-0.4, -0.2) is 28.5 Å². The van der Waals surface area contributed by atoms with E-state index >= 15 is 0 Å². The van der Waals surface area contributed by atoms with E-state index in [2.05, 4.69) is 20.6 Å². The zero-order valence-corrected chi connectivity index (χ0v) is 10.3. The predicted octanol–water partition coefficient (Wildman–Crippen LogP) is 1.17. The molecule has 0 unspecified atom stereocenters. The van der Waals surface area contributed by atoms with Crippen molar-refractivity contribution in [3.8, 4) is 0 Å². The summed E-state index contributed by atoms with van der Waals surface area (Å²) in [6, 6.07) is 1.78. The fourth-order valence-electron chi connectivity index (χ4n) is 2.05. The molecule has 92 valence electrons. The van der Waals surface area contributed by atoms with E-state index in [1.54, 1.807) is 0 Å². The van der Waals surface area contributed by atoms with E-state index in [1.807, 2.05) is 19.9 Å². The summed E-state index contributed by atoms with van der Waals surface area (Å²) in [7, 11) is 0. The lowest BCUT2D eigenvalue weighted by atomic mass is 10.0. The van der Waals surface area contributed by atoms with Gasteiger partial charge >= 0.3 is 0 Å². The summed E-state index contributed by atoms with van der Waals surface area (Å²) in [5.41, 5.74) is 1.73. The van der Waals surface area contributed by atoms with E-state index in [4.69, 9.17) is 0 Å². The fraction of sp³-hybridized carbons (Fsp3) is 0.583. The molecule has 0 aromatic carbocycles. The molecule has 1 aliphatic rings. The third-order valence-electron chi connectivity index (χ3n) is 2.84. The Morgan fingerprint density at radius 3 is 2.65 bits per heavy atom. The number of carbonyl (C=O) groups is 1. The molecule has 5 nitrogen and oxygen atoms in total. The molecule has 1 fully saturated rings. The Balaban J connectivity index is 2.01. The van der Waals surface area contributed by atoms with Crippen LogP contribution < -0.4 is 10.6 Å². The van der Waals surface area contributed by atoms with Crippen molar-refractivity contribution in [3.05, 3.63) is 17.5 Å². The van der Waals surface area contributed by atoms with Gasteiger partial charge in [0.2, 0.25) is 11.9 Å². The number of amides is 1. The molecule has 0 aliphatic carbocycles. The molecule has 0 spiro atoms. The molecule has 2 rings (SSSR count). The third kappa shape index (κ3) is 3.23. The number of anilines is 1. The number of piperidine rings is 1. The summed E-state index contributed by atoms with van der Waals surface area (Å²) in [4.78, 5) is 20.3. The maximum absolute atomic E-state index is 11.9. The highest BCUT2D eigenvalue weighted by Crippen LogP contribution is 2.09. The second kappa shape index (κ2) is 5.23. The van der Waals surface area contributed by atoms with Gasteiger partial charge in [0.05, 0.1) is 6.04 Å². The normalized spacial score (nSPS) is 20.0. The molecule has 1 aromatic heterocycles. The molecular formula is C12H18N4O. The summed E-state index contributed by atoms with van der Waals surface area (Å²) in [5.74, 6) is 0.370. The lowest BCUT2D eigenvalue weighted by Crippen LogP contribution is -2.43. The molecule has 0 saturated carbocycles. The van der Waals surface area contributed by atoms with Gasteiger partial charge in [0, 0.05) is 11.4 Å². The van der Waals surface area contributed by atoms with Crippen molar-refractivity contribution in [2.45, 2.75) is 39.2 Å². The highest BCUT2D eigenvalue weighted by atomic mass is 16.2. The second-order valence-corrected chi connectivity index (χ2v) is 4.47. The molecule has 0 bridgehead atoms. The van der Waals surface area contributed by atoms with Gasteiger partial charge in [-0.05, 0) is 39.3 Å². The zero-order valence-electron chi connectivity index (χ0n) is 10.3. The minimum absolute atomic E-state index is 0.0327. The lowest BCUT2D eigenvalue weighted by molar-refractivity contribution is -0.118. The van der Waals surface area contributed by atoms with E-state index < -0.39 is 0 Å². The van der Waals surface area contributed by atoms with E-state index in [1.165, 1.54) is 0 Å². The van der Waals surface area contributed by atoms with Crippen LogP contribution in [0.5, 0.6) is 0 Å².